The summed E-state index contributed by atoms with van der Waals surface area (Å²) < 4.78 is 34.6. The minimum absolute atomic E-state index is 0.215. The van der Waals surface area contributed by atoms with Crippen LogP contribution < -0.4 is 4.90 Å². The summed E-state index contributed by atoms with van der Waals surface area (Å²) >= 11 is 0. The number of benzene rings is 1. The maximum atomic E-state index is 14.4. The summed E-state index contributed by atoms with van der Waals surface area (Å²) in [7, 11) is 1.01. The van der Waals surface area contributed by atoms with Gasteiger partial charge in [0.2, 0.25) is 0 Å². The van der Waals surface area contributed by atoms with Crippen molar-refractivity contribution in [2.45, 2.75) is 59.4 Å². The molecule has 1 heterocycles. The van der Waals surface area contributed by atoms with Crippen molar-refractivity contribution < 1.29 is 47.6 Å². The lowest BCUT2D eigenvalue weighted by Gasteiger charge is -2.29. The molecule has 2 rings (SSSR count). The lowest BCUT2D eigenvalue weighted by atomic mass is 9.99. The number of aliphatic hydroxyl groups is 1. The Morgan fingerprint density at radius 1 is 1.03 bits per heavy atom. The molecule has 0 fully saturated rings. The molecule has 0 bridgehead atoms. The van der Waals surface area contributed by atoms with Gasteiger partial charge in [-0.25, -0.2) is 18.8 Å². The Balaban J connectivity index is 2.80. The molecule has 186 valence electrons. The van der Waals surface area contributed by atoms with E-state index in [0.29, 0.717) is 4.90 Å². The minimum Gasteiger partial charge on any atom is -0.506 e. The van der Waals surface area contributed by atoms with Crippen LogP contribution in [0.15, 0.2) is 22.8 Å². The molecule has 0 unspecified atom stereocenters. The second-order valence-electron chi connectivity index (χ2n) is 9.18. The molecule has 1 aromatic heterocycles. The van der Waals surface area contributed by atoms with Crippen LogP contribution in [0.1, 0.15) is 57.7 Å². The molecule has 0 aliphatic heterocycles. The van der Waals surface area contributed by atoms with Crippen LogP contribution in [0.5, 0.6) is 5.75 Å². The third-order valence-electron chi connectivity index (χ3n) is 4.17. The van der Waals surface area contributed by atoms with Crippen molar-refractivity contribution in [3.63, 3.8) is 0 Å². The number of methoxy groups -OCH3 is 1. The summed E-state index contributed by atoms with van der Waals surface area (Å²) in [6.45, 7) is 8.71. The number of phenolic OH excluding ortho intramolecular Hbond substituents is 1. The van der Waals surface area contributed by atoms with Gasteiger partial charge in [0.1, 0.15) is 41.1 Å². The van der Waals surface area contributed by atoms with E-state index in [4.69, 9.17) is 18.6 Å². The molecule has 0 saturated heterocycles. The number of carbonyl (C=O) groups excluding carboxylic acids is 3. The molecular formula is C23H28FNO9. The first-order valence-corrected chi connectivity index (χ1v) is 10.2. The van der Waals surface area contributed by atoms with E-state index in [1.165, 1.54) is 0 Å². The number of nitrogens with zero attached hydrogens (tertiary/aromatic N) is 1. The van der Waals surface area contributed by atoms with Crippen LogP contribution in [0.25, 0.3) is 11.1 Å². The molecule has 10 nitrogen and oxygen atoms in total. The number of hydrogen-bond donors (Lipinski definition) is 2. The highest BCUT2D eigenvalue weighted by Gasteiger charge is 2.37. The number of amides is 2. The lowest BCUT2D eigenvalue weighted by Crippen LogP contribution is -2.44. The number of ether oxygens (including phenoxy) is 3. The number of aromatic hydroxyl groups is 1. The molecule has 34 heavy (non-hydrogen) atoms. The summed E-state index contributed by atoms with van der Waals surface area (Å²) in [5.74, 6) is -3.09. The van der Waals surface area contributed by atoms with Crippen molar-refractivity contribution in [2.24, 2.45) is 0 Å². The van der Waals surface area contributed by atoms with Gasteiger partial charge in [0.15, 0.2) is 5.82 Å². The zero-order valence-corrected chi connectivity index (χ0v) is 20.0. The fraction of sp³-hybridized carbons (Fsp3) is 0.435. The van der Waals surface area contributed by atoms with Gasteiger partial charge in [-0.1, -0.05) is 0 Å². The number of halogens is 1. The van der Waals surface area contributed by atoms with E-state index in [1.54, 1.807) is 41.5 Å². The highest BCUT2D eigenvalue weighted by atomic mass is 19.1. The number of anilines is 1. The van der Waals surface area contributed by atoms with Crippen LogP contribution in [0, 0.1) is 5.82 Å². The number of furan rings is 1. The molecular weight excluding hydrogens is 453 g/mol. The molecule has 0 atom stereocenters. The average molecular weight is 481 g/mol. The highest BCUT2D eigenvalue weighted by Crippen LogP contribution is 2.42. The first-order chi connectivity index (χ1) is 15.6. The van der Waals surface area contributed by atoms with Crippen molar-refractivity contribution >= 4 is 23.8 Å². The normalized spacial score (nSPS) is 11.7. The number of carbonyl (C=O) groups is 3. The summed E-state index contributed by atoms with van der Waals surface area (Å²) in [4.78, 5) is 39.1. The van der Waals surface area contributed by atoms with Crippen LogP contribution in [0.2, 0.25) is 0 Å². The Morgan fingerprint density at radius 2 is 1.56 bits per heavy atom. The standard InChI is InChI=1S/C23H28FNO9/c1-22(2,3)33-20(29)25(21(30)34-23(4,5)6)14-9-8-12(18(27)17(14)19(28)31-7)16-13(24)11-32-15(16)10-26/h8-9,11,26-27H,10H2,1-7H3. The van der Waals surface area contributed by atoms with Gasteiger partial charge in [-0.15, -0.1) is 0 Å². The predicted octanol–water partition coefficient (Wildman–Crippen LogP) is 4.75. The Kier molecular flexibility index (Phi) is 7.62. The summed E-state index contributed by atoms with van der Waals surface area (Å²) in [6, 6.07) is 2.26. The maximum absolute atomic E-state index is 14.4. The van der Waals surface area contributed by atoms with E-state index in [9.17, 15) is 29.0 Å². The Morgan fingerprint density at radius 3 is 2.00 bits per heavy atom. The molecule has 2 N–H and O–H groups in total. The van der Waals surface area contributed by atoms with Crippen LogP contribution in [0.4, 0.5) is 19.7 Å². The Bertz CT molecular complexity index is 1070. The second-order valence-corrected chi connectivity index (χ2v) is 9.18. The minimum atomic E-state index is -1.19. The van der Waals surface area contributed by atoms with Crippen LogP contribution in [-0.2, 0) is 20.8 Å². The SMILES string of the molecule is COC(=O)c1c(N(C(=O)OC(C)(C)C)C(=O)OC(C)(C)C)ccc(-c2c(F)coc2CO)c1O. The number of hydrogen-bond acceptors (Lipinski definition) is 9. The third-order valence-corrected chi connectivity index (χ3v) is 4.17. The molecule has 0 radical (unpaired) electrons. The van der Waals surface area contributed by atoms with Crippen molar-refractivity contribution in [3.8, 4) is 16.9 Å². The van der Waals surface area contributed by atoms with Gasteiger partial charge in [-0.05, 0) is 53.7 Å². The van der Waals surface area contributed by atoms with E-state index in [0.717, 1.165) is 25.5 Å². The fourth-order valence-corrected chi connectivity index (χ4v) is 2.93. The monoisotopic (exact) mass is 481 g/mol. The lowest BCUT2D eigenvalue weighted by molar-refractivity contribution is 0.0430. The van der Waals surface area contributed by atoms with E-state index in [2.05, 4.69) is 0 Å². The molecule has 1 aromatic carbocycles. The summed E-state index contributed by atoms with van der Waals surface area (Å²) in [5, 5.41) is 20.4. The van der Waals surface area contributed by atoms with Crippen LogP contribution >= 0.6 is 0 Å². The van der Waals surface area contributed by atoms with E-state index < -0.39 is 58.8 Å². The van der Waals surface area contributed by atoms with Crippen LogP contribution in [-0.4, -0.2) is 46.7 Å². The van der Waals surface area contributed by atoms with E-state index in [1.807, 2.05) is 0 Å². The molecule has 2 amide bonds. The molecule has 0 spiro atoms. The predicted molar refractivity (Wildman–Crippen MR) is 118 cm³/mol. The largest absolute Gasteiger partial charge is 0.506 e. The fourth-order valence-electron chi connectivity index (χ4n) is 2.93. The highest BCUT2D eigenvalue weighted by molar-refractivity contribution is 6.15. The van der Waals surface area contributed by atoms with Crippen LogP contribution in [0.3, 0.4) is 0 Å². The molecule has 0 saturated carbocycles. The van der Waals surface area contributed by atoms with Crippen molar-refractivity contribution in [3.05, 3.63) is 35.5 Å². The number of esters is 1. The molecule has 2 aromatic rings. The third kappa shape index (κ3) is 5.84. The van der Waals surface area contributed by atoms with Gasteiger partial charge in [0.05, 0.1) is 18.4 Å². The van der Waals surface area contributed by atoms with Crippen molar-refractivity contribution in [2.75, 3.05) is 12.0 Å². The zero-order chi connectivity index (χ0) is 26.0. The molecule has 0 aliphatic rings. The number of phenols is 1. The number of imide groups is 1. The number of rotatable bonds is 4. The van der Waals surface area contributed by atoms with Gasteiger partial charge in [-0.2, -0.15) is 4.90 Å². The first-order valence-electron chi connectivity index (χ1n) is 10.2. The Hall–Kier alpha value is -3.60. The zero-order valence-electron chi connectivity index (χ0n) is 20.0. The van der Waals surface area contributed by atoms with E-state index >= 15 is 0 Å². The summed E-state index contributed by atoms with van der Waals surface area (Å²) in [5.41, 5.74) is -3.67. The van der Waals surface area contributed by atoms with Gasteiger partial charge < -0.3 is 28.8 Å². The topological polar surface area (TPSA) is 136 Å². The maximum Gasteiger partial charge on any atom is 0.424 e. The van der Waals surface area contributed by atoms with Gasteiger partial charge in [0.25, 0.3) is 0 Å². The number of aliphatic hydroxyl groups excluding tert-OH is 1. The van der Waals surface area contributed by atoms with Crippen molar-refractivity contribution in [1.82, 2.24) is 0 Å². The van der Waals surface area contributed by atoms with Gasteiger partial charge >= 0.3 is 18.2 Å². The second kappa shape index (κ2) is 9.72. The molecule has 11 heteroatoms. The quantitative estimate of drug-likeness (QED) is 0.468. The smallest absolute Gasteiger partial charge is 0.424 e. The van der Waals surface area contributed by atoms with Crippen molar-refractivity contribution in [1.29, 1.82) is 0 Å². The first kappa shape index (κ1) is 26.7. The van der Waals surface area contributed by atoms with Gasteiger partial charge in [0, 0.05) is 5.56 Å². The molecule has 0 aliphatic carbocycles. The summed E-state index contributed by atoms with van der Waals surface area (Å²) in [6.07, 6.45) is -1.66. The van der Waals surface area contributed by atoms with E-state index in [-0.39, 0.29) is 16.9 Å². The Labute approximate surface area is 195 Å². The van der Waals surface area contributed by atoms with Gasteiger partial charge in [-0.3, -0.25) is 0 Å². The average Bonchev–Trinajstić information content (AvgIpc) is 3.05.